The summed E-state index contributed by atoms with van der Waals surface area (Å²) in [5.74, 6) is 0. The normalized spacial score (nSPS) is 21.0. The number of aryl methyl sites for hydroxylation is 2. The Bertz CT molecular complexity index is 1340. The van der Waals surface area contributed by atoms with Crippen molar-refractivity contribution in [2.45, 2.75) is 32.4 Å². The first-order valence-electron chi connectivity index (χ1n) is 9.93. The van der Waals surface area contributed by atoms with Gasteiger partial charge in [-0.05, 0) is 38.5 Å². The fraction of sp³-hybridized carbons (Fsp3) is 0.333. The highest BCUT2D eigenvalue weighted by Gasteiger charge is 2.37. The number of aromatic nitrogens is 5. The van der Waals surface area contributed by atoms with E-state index < -0.39 is 0 Å². The number of hydrogen-bond acceptors (Lipinski definition) is 6. The third-order valence-corrected chi connectivity index (χ3v) is 6.05. The second-order valence-corrected chi connectivity index (χ2v) is 8.07. The van der Waals surface area contributed by atoms with Gasteiger partial charge in [-0.1, -0.05) is 0 Å². The Balaban J connectivity index is 1.44. The highest BCUT2D eigenvalue weighted by Crippen LogP contribution is 2.29. The van der Waals surface area contributed by atoms with Crippen LogP contribution in [0.4, 0.5) is 5.69 Å². The molecule has 0 radical (unpaired) electrons. The van der Waals surface area contributed by atoms with Crippen LogP contribution in [0.1, 0.15) is 17.8 Å². The molecule has 2 atom stereocenters. The average Bonchev–Trinajstić information content (AvgIpc) is 3.43. The van der Waals surface area contributed by atoms with Crippen LogP contribution in [0.25, 0.3) is 22.6 Å². The molecule has 0 amide bonds. The average molecular weight is 387 g/mol. The first-order valence-corrected chi connectivity index (χ1v) is 9.93. The first-order chi connectivity index (χ1) is 14.0. The third kappa shape index (κ3) is 2.56. The van der Waals surface area contributed by atoms with Gasteiger partial charge in [0, 0.05) is 37.4 Å². The van der Waals surface area contributed by atoms with E-state index in [4.69, 9.17) is 4.98 Å². The van der Waals surface area contributed by atoms with E-state index in [1.165, 1.54) is 6.42 Å². The summed E-state index contributed by atoms with van der Waals surface area (Å²) in [5, 5.41) is 8.12. The van der Waals surface area contributed by atoms with E-state index in [0.29, 0.717) is 29.1 Å². The second kappa shape index (κ2) is 5.87. The molecule has 4 aromatic rings. The summed E-state index contributed by atoms with van der Waals surface area (Å²) in [5.41, 5.74) is 5.57. The highest BCUT2D eigenvalue weighted by atomic mass is 16.1. The van der Waals surface area contributed by atoms with Gasteiger partial charge in [0.2, 0.25) is 0 Å². The maximum Gasteiger partial charge on any atom is 0.258 e. The molecule has 146 valence electrons. The number of pyridine rings is 1. The molecule has 8 heteroatoms. The minimum Gasteiger partial charge on any atom is -0.364 e. The molecule has 2 bridgehead atoms. The highest BCUT2D eigenvalue weighted by molar-refractivity contribution is 5.66. The van der Waals surface area contributed by atoms with Crippen molar-refractivity contribution in [1.29, 1.82) is 0 Å². The fourth-order valence-corrected chi connectivity index (χ4v) is 4.69. The van der Waals surface area contributed by atoms with E-state index in [2.05, 4.69) is 26.4 Å². The van der Waals surface area contributed by atoms with Gasteiger partial charge in [-0.2, -0.15) is 5.10 Å². The molecule has 2 aliphatic rings. The van der Waals surface area contributed by atoms with Crippen molar-refractivity contribution in [1.82, 2.24) is 29.3 Å². The van der Waals surface area contributed by atoms with Gasteiger partial charge in [0.05, 0.1) is 34.5 Å². The first kappa shape index (κ1) is 16.7. The molecule has 2 saturated heterocycles. The minimum absolute atomic E-state index is 0.0996. The van der Waals surface area contributed by atoms with E-state index in [9.17, 15) is 4.79 Å². The van der Waals surface area contributed by atoms with E-state index in [0.717, 1.165) is 35.7 Å². The van der Waals surface area contributed by atoms with Crippen LogP contribution < -0.4 is 15.8 Å². The number of fused-ring (bicyclic) bond motifs is 4. The molecule has 0 saturated carbocycles. The van der Waals surface area contributed by atoms with Crippen molar-refractivity contribution in [2.75, 3.05) is 18.0 Å². The van der Waals surface area contributed by atoms with Gasteiger partial charge >= 0.3 is 0 Å². The lowest BCUT2D eigenvalue weighted by molar-refractivity contribution is 0.579. The number of hydrogen-bond donors (Lipinski definition) is 1. The quantitative estimate of drug-likeness (QED) is 0.562. The molecule has 29 heavy (non-hydrogen) atoms. The summed E-state index contributed by atoms with van der Waals surface area (Å²) in [6, 6.07) is 8.55. The smallest absolute Gasteiger partial charge is 0.258 e. The van der Waals surface area contributed by atoms with E-state index >= 15 is 0 Å². The van der Waals surface area contributed by atoms with Gasteiger partial charge in [-0.25, -0.2) is 9.50 Å². The summed E-state index contributed by atoms with van der Waals surface area (Å²) in [6.07, 6.45) is 4.96. The lowest BCUT2D eigenvalue weighted by Crippen LogP contribution is -2.43. The van der Waals surface area contributed by atoms with Crippen molar-refractivity contribution in [3.63, 3.8) is 0 Å². The van der Waals surface area contributed by atoms with Crippen molar-refractivity contribution in [2.24, 2.45) is 0 Å². The third-order valence-electron chi connectivity index (χ3n) is 6.05. The maximum atomic E-state index is 12.9. The van der Waals surface area contributed by atoms with Crippen molar-refractivity contribution < 1.29 is 0 Å². The summed E-state index contributed by atoms with van der Waals surface area (Å²) in [4.78, 5) is 24.5. The molecular weight excluding hydrogens is 366 g/mol. The predicted octanol–water partition coefficient (Wildman–Crippen LogP) is 1.57. The Morgan fingerprint density at radius 3 is 2.79 bits per heavy atom. The van der Waals surface area contributed by atoms with Crippen molar-refractivity contribution >= 4 is 16.9 Å². The Kier molecular flexibility index (Phi) is 3.37. The standard InChI is InChI=1S/C21H21N7O/c1-12-9-28-19(13(2)23-12)6-18(25-28)17-7-21(29)27-11-15(3-4-20(27)24-17)26-10-14-5-16(26)8-22-14/h3-4,6-7,9,11,14,16,22H,5,8,10H2,1-2H3. The van der Waals surface area contributed by atoms with E-state index in [-0.39, 0.29) is 5.56 Å². The van der Waals surface area contributed by atoms with Crippen LogP contribution in [0.3, 0.4) is 0 Å². The van der Waals surface area contributed by atoms with Crippen LogP contribution in [0.15, 0.2) is 41.5 Å². The molecule has 2 unspecified atom stereocenters. The molecule has 2 fully saturated rings. The molecular formula is C21H21N7O. The summed E-state index contributed by atoms with van der Waals surface area (Å²) in [7, 11) is 0. The maximum absolute atomic E-state index is 12.9. The molecule has 0 aliphatic carbocycles. The number of nitrogens with one attached hydrogen (secondary N) is 1. The minimum atomic E-state index is -0.0996. The second-order valence-electron chi connectivity index (χ2n) is 8.07. The van der Waals surface area contributed by atoms with Crippen LogP contribution in [0, 0.1) is 13.8 Å². The monoisotopic (exact) mass is 387 g/mol. The molecule has 8 nitrogen and oxygen atoms in total. The molecule has 6 rings (SSSR count). The van der Waals surface area contributed by atoms with Gasteiger partial charge in [-0.15, -0.1) is 0 Å². The zero-order chi connectivity index (χ0) is 19.7. The van der Waals surface area contributed by atoms with Gasteiger partial charge in [0.25, 0.3) is 5.56 Å². The molecule has 4 aromatic heterocycles. The Morgan fingerprint density at radius 2 is 2.00 bits per heavy atom. The molecule has 6 heterocycles. The Hall–Kier alpha value is -3.26. The summed E-state index contributed by atoms with van der Waals surface area (Å²) >= 11 is 0. The van der Waals surface area contributed by atoms with Gasteiger partial charge in [0.1, 0.15) is 11.3 Å². The van der Waals surface area contributed by atoms with Crippen molar-refractivity contribution in [3.05, 3.63) is 58.4 Å². The summed E-state index contributed by atoms with van der Waals surface area (Å²) in [6.45, 7) is 5.90. The van der Waals surface area contributed by atoms with Crippen molar-refractivity contribution in [3.8, 4) is 11.4 Å². The Labute approximate surface area is 166 Å². The molecule has 0 aromatic carbocycles. The van der Waals surface area contributed by atoms with Gasteiger partial charge in [0.15, 0.2) is 0 Å². The topological polar surface area (TPSA) is 79.8 Å². The fourth-order valence-electron chi connectivity index (χ4n) is 4.69. The zero-order valence-corrected chi connectivity index (χ0v) is 16.3. The predicted molar refractivity (Wildman–Crippen MR) is 110 cm³/mol. The van der Waals surface area contributed by atoms with E-state index in [1.54, 1.807) is 15.0 Å². The van der Waals surface area contributed by atoms with Crippen LogP contribution in [0.5, 0.6) is 0 Å². The SMILES string of the molecule is Cc1cn2nc(-c3cc(=O)n4cc(N5CC6CC5CN6)ccc4n3)cc2c(C)n1. The largest absolute Gasteiger partial charge is 0.364 e. The van der Waals surface area contributed by atoms with E-state index in [1.807, 2.05) is 38.4 Å². The number of rotatable bonds is 2. The van der Waals surface area contributed by atoms with Gasteiger partial charge < -0.3 is 10.2 Å². The Morgan fingerprint density at radius 1 is 1.10 bits per heavy atom. The summed E-state index contributed by atoms with van der Waals surface area (Å²) < 4.78 is 3.43. The van der Waals surface area contributed by atoms with Crippen LogP contribution >= 0.6 is 0 Å². The lowest BCUT2D eigenvalue weighted by atomic mass is 10.2. The number of nitrogens with zero attached hydrogens (tertiary/aromatic N) is 6. The van der Waals surface area contributed by atoms with Crippen LogP contribution in [0.2, 0.25) is 0 Å². The molecule has 2 aliphatic heterocycles. The zero-order valence-electron chi connectivity index (χ0n) is 16.3. The number of anilines is 1. The number of piperazine rings is 1. The van der Waals surface area contributed by atoms with Crippen LogP contribution in [-0.4, -0.2) is 49.2 Å². The van der Waals surface area contributed by atoms with Gasteiger partial charge in [-0.3, -0.25) is 14.2 Å². The molecule has 0 spiro atoms. The molecule has 1 N–H and O–H groups in total. The lowest BCUT2D eigenvalue weighted by Gasteiger charge is -2.29. The van der Waals surface area contributed by atoms with Crippen LogP contribution in [-0.2, 0) is 0 Å².